The molecule has 0 saturated heterocycles. The smallest absolute Gasteiger partial charge is 0.258 e. The predicted molar refractivity (Wildman–Crippen MR) is 94.6 cm³/mol. The summed E-state index contributed by atoms with van der Waals surface area (Å²) in [4.78, 5) is 14.6. The van der Waals surface area contributed by atoms with Gasteiger partial charge in [0.25, 0.3) is 5.91 Å². The normalized spacial score (nSPS) is 12.2. The Morgan fingerprint density at radius 3 is 2.78 bits per heavy atom. The maximum atomic E-state index is 12.0. The lowest BCUT2D eigenvalue weighted by molar-refractivity contribution is -0.890. The molecule has 0 aliphatic heterocycles. The minimum atomic E-state index is -0.123. The number of hydrogen-bond acceptors (Lipinski definition) is 3. The SMILES string of the molecule is Cc1cc(Cl)ccc1OCC(=O)NC[C@H](c1cccs1)[NH+](C)C. The molecule has 0 aliphatic rings. The monoisotopic (exact) mass is 353 g/mol. The van der Waals surface area contributed by atoms with Crippen molar-refractivity contribution in [3.8, 4) is 5.75 Å². The molecule has 1 aromatic carbocycles. The lowest BCUT2D eigenvalue weighted by Gasteiger charge is -2.20. The van der Waals surface area contributed by atoms with Crippen LogP contribution in [0.3, 0.4) is 0 Å². The zero-order valence-electron chi connectivity index (χ0n) is 13.6. The van der Waals surface area contributed by atoms with Gasteiger partial charge in [-0.1, -0.05) is 17.7 Å². The highest BCUT2D eigenvalue weighted by molar-refractivity contribution is 7.10. The topological polar surface area (TPSA) is 42.8 Å². The Kier molecular flexibility index (Phi) is 6.45. The minimum Gasteiger partial charge on any atom is -0.484 e. The average Bonchev–Trinajstić information content (AvgIpc) is 3.00. The van der Waals surface area contributed by atoms with E-state index in [1.807, 2.05) is 19.1 Å². The van der Waals surface area contributed by atoms with Gasteiger partial charge in [0, 0.05) is 5.02 Å². The van der Waals surface area contributed by atoms with Crippen molar-refractivity contribution in [1.82, 2.24) is 5.32 Å². The summed E-state index contributed by atoms with van der Waals surface area (Å²) < 4.78 is 5.56. The molecule has 0 fully saturated rings. The molecule has 2 rings (SSSR count). The Bertz CT molecular complexity index is 644. The van der Waals surface area contributed by atoms with Crippen LogP contribution in [0.5, 0.6) is 5.75 Å². The van der Waals surface area contributed by atoms with E-state index in [1.165, 1.54) is 9.78 Å². The van der Waals surface area contributed by atoms with Crippen LogP contribution >= 0.6 is 22.9 Å². The van der Waals surface area contributed by atoms with Gasteiger partial charge in [-0.05, 0) is 42.1 Å². The van der Waals surface area contributed by atoms with Crippen LogP contribution in [-0.4, -0.2) is 33.2 Å². The van der Waals surface area contributed by atoms with Crippen LogP contribution in [0.2, 0.25) is 5.02 Å². The van der Waals surface area contributed by atoms with Gasteiger partial charge in [0.05, 0.1) is 25.5 Å². The van der Waals surface area contributed by atoms with Gasteiger partial charge in [-0.3, -0.25) is 4.79 Å². The van der Waals surface area contributed by atoms with Crippen molar-refractivity contribution in [1.29, 1.82) is 0 Å². The van der Waals surface area contributed by atoms with E-state index >= 15 is 0 Å². The Balaban J connectivity index is 1.84. The number of aryl methyl sites for hydroxylation is 1. The molecule has 0 unspecified atom stereocenters. The van der Waals surface area contributed by atoms with Gasteiger partial charge in [-0.2, -0.15) is 0 Å². The number of hydrogen-bond donors (Lipinski definition) is 2. The van der Waals surface area contributed by atoms with E-state index in [2.05, 4.69) is 30.9 Å². The molecule has 2 aromatic rings. The van der Waals surface area contributed by atoms with Gasteiger partial charge in [-0.25, -0.2) is 0 Å². The van der Waals surface area contributed by atoms with Crippen molar-refractivity contribution in [2.45, 2.75) is 13.0 Å². The lowest BCUT2D eigenvalue weighted by atomic mass is 10.2. The van der Waals surface area contributed by atoms with Crippen LogP contribution in [0, 0.1) is 6.92 Å². The Morgan fingerprint density at radius 2 is 2.17 bits per heavy atom. The van der Waals surface area contributed by atoms with Crippen molar-refractivity contribution in [2.24, 2.45) is 0 Å². The summed E-state index contributed by atoms with van der Waals surface area (Å²) in [5.41, 5.74) is 0.916. The maximum Gasteiger partial charge on any atom is 0.258 e. The van der Waals surface area contributed by atoms with E-state index in [0.717, 1.165) is 5.56 Å². The first kappa shape index (κ1) is 17.8. The fraction of sp³-hybridized carbons (Fsp3) is 0.353. The molecule has 4 nitrogen and oxygen atoms in total. The maximum absolute atomic E-state index is 12.0. The number of ether oxygens (including phenoxy) is 1. The zero-order chi connectivity index (χ0) is 16.8. The third kappa shape index (κ3) is 5.23. The number of amides is 1. The second-order valence-corrected chi connectivity index (χ2v) is 7.06. The summed E-state index contributed by atoms with van der Waals surface area (Å²) in [5.74, 6) is 0.555. The average molecular weight is 354 g/mol. The number of benzene rings is 1. The second kappa shape index (κ2) is 8.34. The Hall–Kier alpha value is -1.56. The Labute approximate surface area is 146 Å². The number of carbonyl (C=O) groups excluding carboxylic acids is 1. The van der Waals surface area contributed by atoms with Crippen molar-refractivity contribution in [2.75, 3.05) is 27.2 Å². The summed E-state index contributed by atoms with van der Waals surface area (Å²) in [6, 6.07) is 9.73. The van der Waals surface area contributed by atoms with Crippen molar-refractivity contribution < 1.29 is 14.4 Å². The first-order valence-corrected chi connectivity index (χ1v) is 8.72. The summed E-state index contributed by atoms with van der Waals surface area (Å²) in [5, 5.41) is 5.66. The standard InChI is InChI=1S/C17H21ClN2O2S/c1-12-9-13(18)6-7-15(12)22-11-17(21)19-10-14(20(2)3)16-5-4-8-23-16/h4-9,14H,10-11H2,1-3H3,(H,19,21)/p+1/t14-/m1/s1. The summed E-state index contributed by atoms with van der Waals surface area (Å²) in [6.07, 6.45) is 0. The molecule has 23 heavy (non-hydrogen) atoms. The first-order chi connectivity index (χ1) is 11.0. The molecule has 0 saturated carbocycles. The fourth-order valence-corrected chi connectivity index (χ4v) is 3.45. The molecule has 0 aliphatic carbocycles. The highest BCUT2D eigenvalue weighted by atomic mass is 35.5. The number of thiophene rings is 1. The largest absolute Gasteiger partial charge is 0.484 e. The highest BCUT2D eigenvalue weighted by Gasteiger charge is 2.19. The molecule has 0 spiro atoms. The van der Waals surface area contributed by atoms with E-state index in [-0.39, 0.29) is 18.6 Å². The number of nitrogens with one attached hydrogen (secondary N) is 2. The third-order valence-corrected chi connectivity index (χ3v) is 4.80. The van der Waals surface area contributed by atoms with Gasteiger partial charge in [0.2, 0.25) is 0 Å². The predicted octanol–water partition coefficient (Wildman–Crippen LogP) is 2.09. The number of rotatable bonds is 7. The number of quaternary nitrogens is 1. The summed E-state index contributed by atoms with van der Waals surface area (Å²) >= 11 is 7.62. The fourth-order valence-electron chi connectivity index (χ4n) is 2.26. The van der Waals surface area contributed by atoms with E-state index in [4.69, 9.17) is 16.3 Å². The second-order valence-electron chi connectivity index (χ2n) is 5.65. The van der Waals surface area contributed by atoms with Crippen molar-refractivity contribution in [3.63, 3.8) is 0 Å². The number of carbonyl (C=O) groups is 1. The third-order valence-electron chi connectivity index (χ3n) is 3.58. The van der Waals surface area contributed by atoms with Crippen LogP contribution < -0.4 is 15.0 Å². The lowest BCUT2D eigenvalue weighted by Crippen LogP contribution is -3.06. The number of likely N-dealkylation sites (N-methyl/N-ethyl adjacent to an activating group) is 1. The Morgan fingerprint density at radius 1 is 1.39 bits per heavy atom. The molecule has 1 atom stereocenters. The van der Waals surface area contributed by atoms with Gasteiger partial charge in [0.1, 0.15) is 11.8 Å². The molecule has 0 radical (unpaired) electrons. The van der Waals surface area contributed by atoms with Crippen LogP contribution in [-0.2, 0) is 4.79 Å². The molecule has 1 heterocycles. The molecule has 1 aromatic heterocycles. The molecular weight excluding hydrogens is 332 g/mol. The van der Waals surface area contributed by atoms with Gasteiger partial charge in [-0.15, -0.1) is 11.3 Å². The molecule has 124 valence electrons. The zero-order valence-corrected chi connectivity index (χ0v) is 15.1. The summed E-state index contributed by atoms with van der Waals surface area (Å²) in [6.45, 7) is 2.49. The first-order valence-electron chi connectivity index (χ1n) is 7.46. The van der Waals surface area contributed by atoms with E-state index < -0.39 is 0 Å². The highest BCUT2D eigenvalue weighted by Crippen LogP contribution is 2.21. The van der Waals surface area contributed by atoms with Crippen LogP contribution in [0.4, 0.5) is 0 Å². The van der Waals surface area contributed by atoms with Crippen LogP contribution in [0.15, 0.2) is 35.7 Å². The molecule has 2 N–H and O–H groups in total. The van der Waals surface area contributed by atoms with Gasteiger partial charge < -0.3 is 15.0 Å². The van der Waals surface area contributed by atoms with Crippen molar-refractivity contribution in [3.05, 3.63) is 51.2 Å². The number of halogens is 1. The van der Waals surface area contributed by atoms with Gasteiger partial charge >= 0.3 is 0 Å². The molecular formula is C17H22ClN2O2S+. The summed E-state index contributed by atoms with van der Waals surface area (Å²) in [7, 11) is 4.17. The van der Waals surface area contributed by atoms with Crippen molar-refractivity contribution >= 4 is 28.8 Å². The molecule has 0 bridgehead atoms. The van der Waals surface area contributed by atoms with E-state index in [1.54, 1.807) is 23.5 Å². The molecule has 6 heteroatoms. The van der Waals surface area contributed by atoms with Crippen LogP contribution in [0.1, 0.15) is 16.5 Å². The van der Waals surface area contributed by atoms with Crippen LogP contribution in [0.25, 0.3) is 0 Å². The molecule has 1 amide bonds. The van der Waals surface area contributed by atoms with E-state index in [9.17, 15) is 4.79 Å². The van der Waals surface area contributed by atoms with E-state index in [0.29, 0.717) is 17.3 Å². The van der Waals surface area contributed by atoms with Gasteiger partial charge in [0.15, 0.2) is 6.61 Å². The minimum absolute atomic E-state index is 0.00238. The quantitative estimate of drug-likeness (QED) is 0.800.